The second-order valence-electron chi connectivity index (χ2n) is 9.75. The Kier molecular flexibility index (Phi) is 8.31. The molecule has 2 aromatic carbocycles. The van der Waals surface area contributed by atoms with Gasteiger partial charge in [-0.2, -0.15) is 23.5 Å². The van der Waals surface area contributed by atoms with Crippen LogP contribution < -0.4 is 4.90 Å². The topological polar surface area (TPSA) is 130 Å². The van der Waals surface area contributed by atoms with Crippen LogP contribution in [-0.4, -0.2) is 79.4 Å². The second kappa shape index (κ2) is 11.4. The maximum atomic E-state index is 14.1. The summed E-state index contributed by atoms with van der Waals surface area (Å²) in [6.45, 7) is 9.17. The number of rotatable bonds is 5. The molecule has 1 atom stereocenters. The molecule has 0 aromatic heterocycles. The van der Waals surface area contributed by atoms with E-state index in [0.29, 0.717) is 0 Å². The predicted molar refractivity (Wildman–Crippen MR) is 142 cm³/mol. The minimum absolute atomic E-state index is 0.00136. The first-order chi connectivity index (χ1) is 19.7. The molecule has 0 unspecified atom stereocenters. The van der Waals surface area contributed by atoms with Crippen molar-refractivity contribution in [3.63, 3.8) is 0 Å². The van der Waals surface area contributed by atoms with Crippen molar-refractivity contribution < 1.29 is 36.4 Å². The lowest BCUT2D eigenvalue weighted by molar-refractivity contribution is -0.146. The van der Waals surface area contributed by atoms with Crippen molar-refractivity contribution in [3.05, 3.63) is 82.0 Å². The molecule has 1 N–H and O–H groups in total. The van der Waals surface area contributed by atoms with Crippen molar-refractivity contribution in [2.45, 2.75) is 24.0 Å². The van der Waals surface area contributed by atoms with Crippen molar-refractivity contribution >= 4 is 27.5 Å². The fraction of sp³-hybridized carbons (Fsp3) is 0.333. The molecule has 220 valence electrons. The highest BCUT2D eigenvalue weighted by atomic mass is 32.2. The molecule has 0 saturated carbocycles. The highest BCUT2D eigenvalue weighted by molar-refractivity contribution is 7.90. The van der Waals surface area contributed by atoms with Gasteiger partial charge < -0.3 is 15.0 Å². The Morgan fingerprint density at radius 2 is 1.83 bits per heavy atom. The van der Waals surface area contributed by atoms with Crippen LogP contribution in [0.4, 0.5) is 23.7 Å². The molecule has 2 aliphatic heterocycles. The minimum atomic E-state index is -4.73. The Labute approximate surface area is 239 Å². The van der Waals surface area contributed by atoms with E-state index in [0.717, 1.165) is 45.4 Å². The lowest BCUT2D eigenvalue weighted by atomic mass is 9.96. The monoisotopic (exact) mass is 602 g/mol. The Hall–Kier alpha value is -4.44. The molecule has 42 heavy (non-hydrogen) atoms. The van der Waals surface area contributed by atoms with Crippen LogP contribution in [-0.2, 0) is 20.8 Å². The first-order valence-electron chi connectivity index (χ1n) is 12.5. The molecule has 15 heteroatoms. The number of hydrogen-bond acceptors (Lipinski definition) is 7. The van der Waals surface area contributed by atoms with E-state index in [1.165, 1.54) is 30.0 Å². The third-order valence-corrected chi connectivity index (χ3v) is 8.17. The van der Waals surface area contributed by atoms with E-state index in [1.54, 1.807) is 0 Å². The van der Waals surface area contributed by atoms with Gasteiger partial charge in [-0.25, -0.2) is 18.1 Å². The van der Waals surface area contributed by atoms with E-state index in [9.17, 15) is 41.6 Å². The van der Waals surface area contributed by atoms with Gasteiger partial charge in [0.1, 0.15) is 6.54 Å². The molecule has 3 amide bonds. The fourth-order valence-electron chi connectivity index (χ4n) is 4.93. The van der Waals surface area contributed by atoms with Gasteiger partial charge in [0.05, 0.1) is 34.7 Å². The van der Waals surface area contributed by atoms with Crippen LogP contribution in [0.3, 0.4) is 0 Å². The standard InChI is InChI=1S/C27H25F3N6O5S/c1-17-24(32-2)25(21-8-7-18(15-31)13-22(21)42(3,40)41)35(16-23(37)33-9-11-34(39)12-10-33)26(38)36(17)20-6-4-5-19(14-20)27(28,29)30/h4-8,13-14,25,39H,9-12,16H2,1,3H3/t25-/m1/s1. The number of sulfone groups is 1. The summed E-state index contributed by atoms with van der Waals surface area (Å²) in [4.78, 5) is 33.9. The number of allylic oxidation sites excluding steroid dienone is 1. The molecule has 1 fully saturated rings. The zero-order chi connectivity index (χ0) is 31.0. The maximum Gasteiger partial charge on any atom is 0.416 e. The summed E-state index contributed by atoms with van der Waals surface area (Å²) in [6, 6.07) is 7.10. The summed E-state index contributed by atoms with van der Waals surface area (Å²) in [5.74, 6) is -0.580. The summed E-state index contributed by atoms with van der Waals surface area (Å²) in [5, 5.41) is 20.1. The van der Waals surface area contributed by atoms with Crippen molar-refractivity contribution in [1.29, 1.82) is 5.26 Å². The number of nitrogens with zero attached hydrogens (tertiary/aromatic N) is 6. The molecule has 2 heterocycles. The van der Waals surface area contributed by atoms with Crippen LogP contribution in [0.1, 0.15) is 29.7 Å². The average molecular weight is 603 g/mol. The summed E-state index contributed by atoms with van der Waals surface area (Å²) in [5.41, 5.74) is -1.55. The maximum absolute atomic E-state index is 14.1. The number of benzene rings is 2. The van der Waals surface area contributed by atoms with E-state index in [1.807, 2.05) is 6.07 Å². The molecular weight excluding hydrogens is 577 g/mol. The molecule has 0 bridgehead atoms. The molecular formula is C27H25F3N6O5S. The number of nitriles is 1. The van der Waals surface area contributed by atoms with Gasteiger partial charge in [-0.05, 0) is 42.8 Å². The van der Waals surface area contributed by atoms with E-state index >= 15 is 0 Å². The molecule has 0 aliphatic carbocycles. The van der Waals surface area contributed by atoms with Gasteiger partial charge >= 0.3 is 12.2 Å². The Morgan fingerprint density at radius 1 is 1.17 bits per heavy atom. The van der Waals surface area contributed by atoms with Crippen molar-refractivity contribution in [2.75, 3.05) is 43.9 Å². The van der Waals surface area contributed by atoms with Crippen molar-refractivity contribution in [2.24, 2.45) is 0 Å². The molecule has 2 aromatic rings. The number of urea groups is 1. The van der Waals surface area contributed by atoms with E-state index in [-0.39, 0.29) is 59.3 Å². The normalized spacial score (nSPS) is 18.6. The number of piperazine rings is 1. The van der Waals surface area contributed by atoms with E-state index in [2.05, 4.69) is 4.85 Å². The number of alkyl halides is 3. The Bertz CT molecular complexity index is 1650. The first kappa shape index (κ1) is 30.5. The predicted octanol–water partition coefficient (Wildman–Crippen LogP) is 3.65. The zero-order valence-electron chi connectivity index (χ0n) is 22.5. The molecule has 0 radical (unpaired) electrons. The number of hydroxylamine groups is 2. The molecule has 2 aliphatic rings. The van der Waals surface area contributed by atoms with E-state index in [4.69, 9.17) is 6.57 Å². The average Bonchev–Trinajstić information content (AvgIpc) is 2.93. The quantitative estimate of drug-likeness (QED) is 0.518. The summed E-state index contributed by atoms with van der Waals surface area (Å²) in [7, 11) is -4.03. The number of hydrogen-bond donors (Lipinski definition) is 1. The summed E-state index contributed by atoms with van der Waals surface area (Å²) >= 11 is 0. The number of carbonyl (C=O) groups is 2. The summed E-state index contributed by atoms with van der Waals surface area (Å²) < 4.78 is 66.2. The lowest BCUT2D eigenvalue weighted by Crippen LogP contribution is -2.55. The van der Waals surface area contributed by atoms with Gasteiger partial charge in [0.15, 0.2) is 9.84 Å². The van der Waals surface area contributed by atoms with Crippen LogP contribution >= 0.6 is 0 Å². The third-order valence-electron chi connectivity index (χ3n) is 7.02. The van der Waals surface area contributed by atoms with Crippen LogP contribution in [0.2, 0.25) is 0 Å². The number of halogens is 3. The number of anilines is 1. The lowest BCUT2D eigenvalue weighted by Gasteiger charge is -2.43. The van der Waals surface area contributed by atoms with E-state index < -0.39 is 46.1 Å². The van der Waals surface area contributed by atoms with Gasteiger partial charge in [0, 0.05) is 43.8 Å². The first-order valence-corrected chi connectivity index (χ1v) is 14.4. The fourth-order valence-corrected chi connectivity index (χ4v) is 5.87. The van der Waals surface area contributed by atoms with Crippen LogP contribution in [0.15, 0.2) is 58.8 Å². The number of amides is 3. The molecule has 1 saturated heterocycles. The molecule has 11 nitrogen and oxygen atoms in total. The van der Waals surface area contributed by atoms with Gasteiger partial charge in [-0.3, -0.25) is 9.69 Å². The highest BCUT2D eigenvalue weighted by Crippen LogP contribution is 2.43. The van der Waals surface area contributed by atoms with Crippen LogP contribution in [0.5, 0.6) is 0 Å². The second-order valence-corrected chi connectivity index (χ2v) is 11.7. The third kappa shape index (κ3) is 5.94. The van der Waals surface area contributed by atoms with Crippen molar-refractivity contribution in [3.8, 4) is 6.07 Å². The van der Waals surface area contributed by atoms with Crippen LogP contribution in [0, 0.1) is 17.9 Å². The SMILES string of the molecule is [C-]#[N+]C1=C(C)N(c2cccc(C(F)(F)F)c2)C(=O)N(CC(=O)N2CCN(O)CC2)[C@@H]1c1ccc(C#N)cc1S(C)(=O)=O. The number of carbonyl (C=O) groups excluding carboxylic acids is 2. The summed E-state index contributed by atoms with van der Waals surface area (Å²) in [6.07, 6.45) is -3.83. The van der Waals surface area contributed by atoms with Crippen LogP contribution in [0.25, 0.3) is 4.85 Å². The Morgan fingerprint density at radius 3 is 2.40 bits per heavy atom. The smallest absolute Gasteiger partial charge is 0.338 e. The molecule has 4 rings (SSSR count). The van der Waals surface area contributed by atoms with Gasteiger partial charge in [-0.1, -0.05) is 12.1 Å². The van der Waals surface area contributed by atoms with Crippen molar-refractivity contribution in [1.82, 2.24) is 14.9 Å². The Balaban J connectivity index is 1.93. The molecule has 0 spiro atoms. The largest absolute Gasteiger partial charge is 0.416 e. The van der Waals surface area contributed by atoms with Gasteiger partial charge in [0.25, 0.3) is 0 Å². The zero-order valence-corrected chi connectivity index (χ0v) is 23.3. The van der Waals surface area contributed by atoms with Gasteiger partial charge in [0.2, 0.25) is 11.6 Å². The highest BCUT2D eigenvalue weighted by Gasteiger charge is 2.44. The minimum Gasteiger partial charge on any atom is -0.338 e. The van der Waals surface area contributed by atoms with Gasteiger partial charge in [-0.15, -0.1) is 0 Å².